The van der Waals surface area contributed by atoms with E-state index in [9.17, 15) is 10.1 Å². The summed E-state index contributed by atoms with van der Waals surface area (Å²) >= 11 is 3.42. The van der Waals surface area contributed by atoms with Gasteiger partial charge in [-0.15, -0.1) is 0 Å². The Bertz CT molecular complexity index is 883. The number of ether oxygens (including phenoxy) is 2. The third-order valence-corrected chi connectivity index (χ3v) is 4.22. The molecule has 1 amide bonds. The Morgan fingerprint density at radius 3 is 2.63 bits per heavy atom. The van der Waals surface area contributed by atoms with Crippen molar-refractivity contribution in [3.05, 3.63) is 76.3 Å². The highest BCUT2D eigenvalue weighted by molar-refractivity contribution is 9.10. The van der Waals surface area contributed by atoms with Crippen LogP contribution < -0.4 is 14.8 Å². The van der Waals surface area contributed by atoms with E-state index in [1.54, 1.807) is 31.4 Å². The largest absolute Gasteiger partial charge is 0.497 e. The molecule has 0 fully saturated rings. The van der Waals surface area contributed by atoms with Crippen molar-refractivity contribution in [2.45, 2.75) is 6.54 Å². The van der Waals surface area contributed by atoms with E-state index in [2.05, 4.69) is 27.8 Å². The van der Waals surface area contributed by atoms with Crippen molar-refractivity contribution < 1.29 is 14.3 Å². The number of carbonyl (C=O) groups is 1. The minimum absolute atomic E-state index is 0.0233. The number of nitrogens with zero attached hydrogens (tertiary/aromatic N) is 1. The molecule has 27 heavy (non-hydrogen) atoms. The molecule has 2 aromatic rings. The zero-order valence-corrected chi connectivity index (χ0v) is 16.5. The molecule has 0 spiro atoms. The fourth-order valence-electron chi connectivity index (χ4n) is 2.21. The summed E-state index contributed by atoms with van der Waals surface area (Å²) < 4.78 is 11.3. The Hall–Kier alpha value is -3.04. The predicted octanol–water partition coefficient (Wildman–Crippen LogP) is 4.25. The van der Waals surface area contributed by atoms with Crippen molar-refractivity contribution in [2.24, 2.45) is 0 Å². The predicted molar refractivity (Wildman–Crippen MR) is 108 cm³/mol. The van der Waals surface area contributed by atoms with Gasteiger partial charge in [-0.3, -0.25) is 4.79 Å². The van der Waals surface area contributed by atoms with Gasteiger partial charge in [-0.2, -0.15) is 5.26 Å². The lowest BCUT2D eigenvalue weighted by molar-refractivity contribution is -0.117. The van der Waals surface area contributed by atoms with Crippen molar-refractivity contribution in [1.29, 1.82) is 5.26 Å². The van der Waals surface area contributed by atoms with E-state index in [0.717, 1.165) is 15.8 Å². The van der Waals surface area contributed by atoms with Crippen molar-refractivity contribution in [3.63, 3.8) is 0 Å². The van der Waals surface area contributed by atoms with Gasteiger partial charge in [-0.05, 0) is 57.4 Å². The van der Waals surface area contributed by atoms with Gasteiger partial charge in [0, 0.05) is 6.54 Å². The first kappa shape index (κ1) is 20.3. The number of nitriles is 1. The van der Waals surface area contributed by atoms with Gasteiger partial charge in [-0.1, -0.05) is 30.9 Å². The quantitative estimate of drug-likeness (QED) is 0.389. The summed E-state index contributed by atoms with van der Waals surface area (Å²) in [4.78, 5) is 12.3. The summed E-state index contributed by atoms with van der Waals surface area (Å²) in [6.07, 6.45) is 3.19. The molecule has 6 heteroatoms. The summed E-state index contributed by atoms with van der Waals surface area (Å²) in [5.74, 6) is 0.972. The number of methoxy groups -OCH3 is 1. The molecule has 0 aliphatic carbocycles. The molecular formula is C21H19BrN2O3. The Morgan fingerprint density at radius 2 is 2.04 bits per heavy atom. The van der Waals surface area contributed by atoms with E-state index in [0.29, 0.717) is 24.5 Å². The average molecular weight is 427 g/mol. The molecule has 0 atom stereocenters. The standard InChI is InChI=1S/C21H19BrN2O3/c1-3-10-27-20-9-6-16(12-19(20)22)11-17(13-23)21(25)24-14-15-4-7-18(26-2)8-5-15/h3-9,11-12H,1,10,14H2,2H3,(H,24,25)/b17-11-. The highest BCUT2D eigenvalue weighted by atomic mass is 79.9. The summed E-state index contributed by atoms with van der Waals surface area (Å²) in [6, 6.07) is 14.6. The highest BCUT2D eigenvalue weighted by Crippen LogP contribution is 2.27. The van der Waals surface area contributed by atoms with Crippen LogP contribution in [0.3, 0.4) is 0 Å². The molecule has 5 nitrogen and oxygen atoms in total. The molecule has 0 aromatic heterocycles. The lowest BCUT2D eigenvalue weighted by Gasteiger charge is -2.07. The molecule has 0 aliphatic heterocycles. The SMILES string of the molecule is C=CCOc1ccc(/C=C(/C#N)C(=O)NCc2ccc(OC)cc2)cc1Br. The Morgan fingerprint density at radius 1 is 1.30 bits per heavy atom. The number of halogens is 1. The maximum atomic E-state index is 12.3. The minimum Gasteiger partial charge on any atom is -0.497 e. The summed E-state index contributed by atoms with van der Waals surface area (Å²) in [5.41, 5.74) is 1.65. The van der Waals surface area contributed by atoms with Gasteiger partial charge in [-0.25, -0.2) is 0 Å². The first-order chi connectivity index (χ1) is 13.1. The van der Waals surface area contributed by atoms with Crippen molar-refractivity contribution in [3.8, 4) is 17.6 Å². The van der Waals surface area contributed by atoms with Crippen LogP contribution in [-0.4, -0.2) is 19.6 Å². The third-order valence-electron chi connectivity index (χ3n) is 3.60. The molecule has 0 unspecified atom stereocenters. The van der Waals surface area contributed by atoms with E-state index < -0.39 is 5.91 Å². The van der Waals surface area contributed by atoms with Gasteiger partial charge in [0.05, 0.1) is 11.6 Å². The number of amides is 1. The van der Waals surface area contributed by atoms with E-state index in [-0.39, 0.29) is 5.57 Å². The normalized spacial score (nSPS) is 10.6. The number of rotatable bonds is 8. The Labute approximate surface area is 167 Å². The molecule has 0 heterocycles. The molecule has 2 aromatic carbocycles. The smallest absolute Gasteiger partial charge is 0.262 e. The van der Waals surface area contributed by atoms with Crippen molar-refractivity contribution in [1.82, 2.24) is 5.32 Å². The first-order valence-corrected chi connectivity index (χ1v) is 8.93. The second kappa shape index (κ2) is 10.2. The second-order valence-corrected chi connectivity index (χ2v) is 6.34. The number of nitrogens with one attached hydrogen (secondary N) is 1. The molecule has 2 rings (SSSR count). The number of carbonyl (C=O) groups excluding carboxylic acids is 1. The summed E-state index contributed by atoms with van der Waals surface area (Å²) in [6.45, 7) is 4.32. The lowest BCUT2D eigenvalue weighted by Crippen LogP contribution is -2.23. The molecule has 138 valence electrons. The van der Waals surface area contributed by atoms with Gasteiger partial charge < -0.3 is 14.8 Å². The van der Waals surface area contributed by atoms with E-state index in [4.69, 9.17) is 9.47 Å². The second-order valence-electron chi connectivity index (χ2n) is 5.49. The fraction of sp³-hybridized carbons (Fsp3) is 0.143. The summed E-state index contributed by atoms with van der Waals surface area (Å²) in [7, 11) is 1.59. The van der Waals surface area contributed by atoms with Crippen LogP contribution in [0.15, 0.2) is 65.2 Å². The molecule has 0 saturated carbocycles. The minimum atomic E-state index is -0.434. The molecular weight excluding hydrogens is 408 g/mol. The highest BCUT2D eigenvalue weighted by Gasteiger charge is 2.10. The van der Waals surface area contributed by atoms with Crippen LogP contribution in [0.5, 0.6) is 11.5 Å². The number of benzene rings is 2. The number of hydrogen-bond donors (Lipinski definition) is 1. The number of hydrogen-bond acceptors (Lipinski definition) is 4. The first-order valence-electron chi connectivity index (χ1n) is 8.13. The summed E-state index contributed by atoms with van der Waals surface area (Å²) in [5, 5.41) is 12.1. The van der Waals surface area contributed by atoms with Crippen LogP contribution in [-0.2, 0) is 11.3 Å². The molecule has 0 aliphatic rings. The van der Waals surface area contributed by atoms with Crippen molar-refractivity contribution >= 4 is 27.9 Å². The topological polar surface area (TPSA) is 71.3 Å². The van der Waals surface area contributed by atoms with Crippen LogP contribution in [0, 0.1) is 11.3 Å². The van der Waals surface area contributed by atoms with E-state index >= 15 is 0 Å². The zero-order chi connectivity index (χ0) is 19.6. The van der Waals surface area contributed by atoms with Gasteiger partial charge in [0.2, 0.25) is 0 Å². The molecule has 0 bridgehead atoms. The Balaban J connectivity index is 2.05. The van der Waals surface area contributed by atoms with E-state index in [1.807, 2.05) is 30.3 Å². The third kappa shape index (κ3) is 6.01. The van der Waals surface area contributed by atoms with Crippen LogP contribution in [0.4, 0.5) is 0 Å². The van der Waals surface area contributed by atoms with Crippen LogP contribution in [0.1, 0.15) is 11.1 Å². The monoisotopic (exact) mass is 426 g/mol. The van der Waals surface area contributed by atoms with Crippen molar-refractivity contribution in [2.75, 3.05) is 13.7 Å². The van der Waals surface area contributed by atoms with Gasteiger partial charge in [0.15, 0.2) is 0 Å². The maximum absolute atomic E-state index is 12.3. The van der Waals surface area contributed by atoms with Crippen LogP contribution in [0.25, 0.3) is 6.08 Å². The molecule has 0 saturated heterocycles. The maximum Gasteiger partial charge on any atom is 0.262 e. The Kier molecular flexibility index (Phi) is 7.65. The van der Waals surface area contributed by atoms with E-state index in [1.165, 1.54) is 6.08 Å². The average Bonchev–Trinajstić information content (AvgIpc) is 2.70. The van der Waals surface area contributed by atoms with Gasteiger partial charge in [0.25, 0.3) is 5.91 Å². The molecule has 0 radical (unpaired) electrons. The zero-order valence-electron chi connectivity index (χ0n) is 14.9. The van der Waals surface area contributed by atoms with Gasteiger partial charge >= 0.3 is 0 Å². The van der Waals surface area contributed by atoms with Gasteiger partial charge in [0.1, 0.15) is 29.7 Å². The molecule has 1 N–H and O–H groups in total. The van der Waals surface area contributed by atoms with Crippen LogP contribution in [0.2, 0.25) is 0 Å². The van der Waals surface area contributed by atoms with Crippen LogP contribution >= 0.6 is 15.9 Å². The lowest BCUT2D eigenvalue weighted by atomic mass is 10.1. The fourth-order valence-corrected chi connectivity index (χ4v) is 2.72.